The summed E-state index contributed by atoms with van der Waals surface area (Å²) in [5.74, 6) is 0.854. The molecular formula is C9H13NO. The predicted octanol–water partition coefficient (Wildman–Crippen LogP) is 2.25. The first-order chi connectivity index (χ1) is 5.34. The third-order valence-electron chi connectivity index (χ3n) is 1.59. The van der Waals surface area contributed by atoms with Gasteiger partial charge in [0.1, 0.15) is 5.76 Å². The molecule has 0 fully saturated rings. The first-order valence-corrected chi connectivity index (χ1v) is 3.74. The Hall–Kier alpha value is -1.02. The molecule has 0 spiro atoms. The minimum Gasteiger partial charge on any atom is -0.468 e. The molecule has 1 atom stereocenters. The number of rotatable bonds is 4. The molecule has 60 valence electrons. The quantitative estimate of drug-likeness (QED) is 0.670. The highest BCUT2D eigenvalue weighted by atomic mass is 16.3. The summed E-state index contributed by atoms with van der Waals surface area (Å²) in [5.41, 5.74) is 5.78. The Labute approximate surface area is 66.7 Å². The largest absolute Gasteiger partial charge is 0.468 e. The van der Waals surface area contributed by atoms with E-state index in [-0.39, 0.29) is 6.04 Å². The average molecular weight is 151 g/mol. The maximum Gasteiger partial charge on any atom is 0.120 e. The van der Waals surface area contributed by atoms with Gasteiger partial charge in [0, 0.05) is 0 Å². The summed E-state index contributed by atoms with van der Waals surface area (Å²) in [6, 6.07) is 3.76. The molecule has 0 aliphatic carbocycles. The summed E-state index contributed by atoms with van der Waals surface area (Å²) in [6.07, 6.45) is 5.34. The maximum absolute atomic E-state index is 5.78. The molecule has 2 nitrogen and oxygen atoms in total. The van der Waals surface area contributed by atoms with Crippen LogP contribution in [-0.4, -0.2) is 0 Å². The summed E-state index contributed by atoms with van der Waals surface area (Å²) in [6.45, 7) is 3.63. The van der Waals surface area contributed by atoms with Gasteiger partial charge in [-0.05, 0) is 25.0 Å². The lowest BCUT2D eigenvalue weighted by Gasteiger charge is -2.05. The van der Waals surface area contributed by atoms with Crippen LogP contribution in [0.25, 0.3) is 0 Å². The van der Waals surface area contributed by atoms with E-state index >= 15 is 0 Å². The first kappa shape index (κ1) is 8.08. The van der Waals surface area contributed by atoms with E-state index in [1.54, 1.807) is 6.26 Å². The van der Waals surface area contributed by atoms with Crippen molar-refractivity contribution in [1.82, 2.24) is 0 Å². The zero-order valence-corrected chi connectivity index (χ0v) is 6.49. The maximum atomic E-state index is 5.78. The van der Waals surface area contributed by atoms with Crippen molar-refractivity contribution in [3.63, 3.8) is 0 Å². The number of hydrogen-bond donors (Lipinski definition) is 1. The lowest BCUT2D eigenvalue weighted by molar-refractivity contribution is 0.454. The molecule has 2 heteroatoms. The van der Waals surface area contributed by atoms with Crippen LogP contribution in [0.3, 0.4) is 0 Å². The lowest BCUT2D eigenvalue weighted by atomic mass is 10.1. The number of hydrogen-bond acceptors (Lipinski definition) is 2. The van der Waals surface area contributed by atoms with Crippen molar-refractivity contribution in [3.8, 4) is 0 Å². The Bertz CT molecular complexity index is 203. The van der Waals surface area contributed by atoms with Gasteiger partial charge in [0.05, 0.1) is 12.3 Å². The van der Waals surface area contributed by atoms with Crippen molar-refractivity contribution in [3.05, 3.63) is 36.8 Å². The second kappa shape index (κ2) is 3.98. The van der Waals surface area contributed by atoms with Crippen molar-refractivity contribution < 1.29 is 4.42 Å². The van der Waals surface area contributed by atoms with Crippen LogP contribution >= 0.6 is 0 Å². The Morgan fingerprint density at radius 1 is 1.73 bits per heavy atom. The third kappa shape index (κ3) is 2.24. The first-order valence-electron chi connectivity index (χ1n) is 3.74. The van der Waals surface area contributed by atoms with Crippen LogP contribution in [0.5, 0.6) is 0 Å². The van der Waals surface area contributed by atoms with E-state index < -0.39 is 0 Å². The van der Waals surface area contributed by atoms with Gasteiger partial charge < -0.3 is 10.2 Å². The highest BCUT2D eigenvalue weighted by Gasteiger charge is 2.05. The number of nitrogens with two attached hydrogens (primary N) is 1. The van der Waals surface area contributed by atoms with E-state index in [1.165, 1.54) is 0 Å². The minimum absolute atomic E-state index is 0.0167. The normalized spacial score (nSPS) is 12.8. The molecule has 1 rings (SSSR count). The van der Waals surface area contributed by atoms with Crippen LogP contribution in [0.2, 0.25) is 0 Å². The van der Waals surface area contributed by atoms with Crippen molar-refractivity contribution in [2.45, 2.75) is 18.9 Å². The molecule has 0 unspecified atom stereocenters. The summed E-state index contributed by atoms with van der Waals surface area (Å²) in [7, 11) is 0. The summed E-state index contributed by atoms with van der Waals surface area (Å²) >= 11 is 0. The van der Waals surface area contributed by atoms with Gasteiger partial charge in [-0.3, -0.25) is 0 Å². The molecule has 0 radical (unpaired) electrons. The van der Waals surface area contributed by atoms with Crippen molar-refractivity contribution in [2.75, 3.05) is 0 Å². The Balaban J connectivity index is 2.42. The third-order valence-corrected chi connectivity index (χ3v) is 1.59. The molecule has 0 aromatic carbocycles. The molecule has 11 heavy (non-hydrogen) atoms. The highest BCUT2D eigenvalue weighted by Crippen LogP contribution is 2.15. The van der Waals surface area contributed by atoms with Gasteiger partial charge in [-0.1, -0.05) is 6.08 Å². The fourth-order valence-electron chi connectivity index (χ4n) is 0.942. The summed E-state index contributed by atoms with van der Waals surface area (Å²) in [5, 5.41) is 0. The van der Waals surface area contributed by atoms with Crippen LogP contribution < -0.4 is 5.73 Å². The van der Waals surface area contributed by atoms with E-state index in [4.69, 9.17) is 10.2 Å². The molecule has 2 N–H and O–H groups in total. The SMILES string of the molecule is C=CCC[C@@H](N)c1ccco1. The van der Waals surface area contributed by atoms with Crippen molar-refractivity contribution in [1.29, 1.82) is 0 Å². The van der Waals surface area contributed by atoms with Gasteiger partial charge in [0.2, 0.25) is 0 Å². The second-order valence-corrected chi connectivity index (χ2v) is 2.49. The molecule has 0 saturated carbocycles. The number of furan rings is 1. The highest BCUT2D eigenvalue weighted by molar-refractivity contribution is 5.03. The van der Waals surface area contributed by atoms with Crippen LogP contribution in [-0.2, 0) is 0 Å². The fraction of sp³-hybridized carbons (Fsp3) is 0.333. The van der Waals surface area contributed by atoms with E-state index in [0.717, 1.165) is 18.6 Å². The second-order valence-electron chi connectivity index (χ2n) is 2.49. The molecular weight excluding hydrogens is 138 g/mol. The molecule has 1 aromatic rings. The van der Waals surface area contributed by atoms with Gasteiger partial charge in [-0.2, -0.15) is 0 Å². The van der Waals surface area contributed by atoms with Crippen molar-refractivity contribution >= 4 is 0 Å². The van der Waals surface area contributed by atoms with Crippen LogP contribution in [0, 0.1) is 0 Å². The molecule has 1 aromatic heterocycles. The smallest absolute Gasteiger partial charge is 0.120 e. The predicted molar refractivity (Wildman–Crippen MR) is 45.1 cm³/mol. The lowest BCUT2D eigenvalue weighted by Crippen LogP contribution is -2.08. The van der Waals surface area contributed by atoms with Gasteiger partial charge in [-0.25, -0.2) is 0 Å². The van der Waals surface area contributed by atoms with Gasteiger partial charge in [0.25, 0.3) is 0 Å². The van der Waals surface area contributed by atoms with Crippen LogP contribution in [0.15, 0.2) is 35.5 Å². The average Bonchev–Trinajstić information content (AvgIpc) is 2.52. The zero-order chi connectivity index (χ0) is 8.10. The Morgan fingerprint density at radius 2 is 2.55 bits per heavy atom. The topological polar surface area (TPSA) is 39.2 Å². The molecule has 0 aliphatic heterocycles. The minimum atomic E-state index is 0.0167. The monoisotopic (exact) mass is 151 g/mol. The molecule has 0 aliphatic rings. The standard InChI is InChI=1S/C9H13NO/c1-2-3-5-8(10)9-6-4-7-11-9/h2,4,6-8H,1,3,5,10H2/t8-/m1/s1. The molecule has 1 heterocycles. The molecule has 0 amide bonds. The van der Waals surface area contributed by atoms with E-state index in [0.29, 0.717) is 0 Å². The number of allylic oxidation sites excluding steroid dienone is 1. The Morgan fingerprint density at radius 3 is 3.09 bits per heavy atom. The van der Waals surface area contributed by atoms with E-state index in [2.05, 4.69) is 6.58 Å². The van der Waals surface area contributed by atoms with E-state index in [9.17, 15) is 0 Å². The van der Waals surface area contributed by atoms with Crippen LogP contribution in [0.1, 0.15) is 24.6 Å². The zero-order valence-electron chi connectivity index (χ0n) is 6.49. The van der Waals surface area contributed by atoms with E-state index in [1.807, 2.05) is 18.2 Å². The molecule has 0 bridgehead atoms. The van der Waals surface area contributed by atoms with Gasteiger partial charge in [-0.15, -0.1) is 6.58 Å². The summed E-state index contributed by atoms with van der Waals surface area (Å²) in [4.78, 5) is 0. The van der Waals surface area contributed by atoms with Crippen LogP contribution in [0.4, 0.5) is 0 Å². The van der Waals surface area contributed by atoms with Gasteiger partial charge in [0.15, 0.2) is 0 Å². The molecule has 0 saturated heterocycles. The summed E-state index contributed by atoms with van der Waals surface area (Å²) < 4.78 is 5.13. The fourth-order valence-corrected chi connectivity index (χ4v) is 0.942. The van der Waals surface area contributed by atoms with Gasteiger partial charge >= 0.3 is 0 Å². The van der Waals surface area contributed by atoms with Crippen molar-refractivity contribution in [2.24, 2.45) is 5.73 Å². The Kier molecular flexibility index (Phi) is 2.93.